The number of carbonyl (C=O) groups excluding carboxylic acids is 1. The fourth-order valence-electron chi connectivity index (χ4n) is 5.46. The molecule has 1 amide bonds. The third-order valence-corrected chi connectivity index (χ3v) is 9.70. The second-order valence-corrected chi connectivity index (χ2v) is 12.2. The number of amides is 1. The van der Waals surface area contributed by atoms with Crippen LogP contribution in [0.3, 0.4) is 0 Å². The SMILES string of the molecule is COc1ccc(S(=O)(=O)N(CCO)CCO[C@H]2C[C@@H](C3CCCC3)C=C(C(=O)N3CCN(C)CC3)O2)cc1. The molecule has 212 valence electrons. The van der Waals surface area contributed by atoms with Crippen molar-refractivity contribution in [1.29, 1.82) is 0 Å². The molecule has 2 fully saturated rings. The van der Waals surface area contributed by atoms with Gasteiger partial charge in [0.2, 0.25) is 16.3 Å². The van der Waals surface area contributed by atoms with Gasteiger partial charge in [-0.05, 0) is 62.1 Å². The number of hydrogen-bond donors (Lipinski definition) is 1. The number of rotatable bonds is 11. The predicted octanol–water partition coefficient (Wildman–Crippen LogP) is 1.91. The topological polar surface area (TPSA) is 109 Å². The van der Waals surface area contributed by atoms with E-state index in [2.05, 4.69) is 4.90 Å². The number of carbonyl (C=O) groups is 1. The van der Waals surface area contributed by atoms with Gasteiger partial charge in [-0.3, -0.25) is 4.79 Å². The molecule has 0 bridgehead atoms. The lowest BCUT2D eigenvalue weighted by Gasteiger charge is -2.36. The first-order valence-corrected chi connectivity index (χ1v) is 15.0. The average molecular weight is 552 g/mol. The van der Waals surface area contributed by atoms with E-state index in [4.69, 9.17) is 14.2 Å². The van der Waals surface area contributed by atoms with Crippen molar-refractivity contribution >= 4 is 15.9 Å². The van der Waals surface area contributed by atoms with Gasteiger partial charge in [0.1, 0.15) is 5.75 Å². The summed E-state index contributed by atoms with van der Waals surface area (Å²) in [7, 11) is -0.272. The minimum Gasteiger partial charge on any atom is -0.497 e. The van der Waals surface area contributed by atoms with Crippen LogP contribution in [0.2, 0.25) is 0 Å². The number of benzene rings is 1. The third-order valence-electron chi connectivity index (χ3n) is 7.79. The molecular weight excluding hydrogens is 510 g/mol. The van der Waals surface area contributed by atoms with Crippen LogP contribution in [-0.4, -0.2) is 106 Å². The van der Waals surface area contributed by atoms with Crippen molar-refractivity contribution in [3.63, 3.8) is 0 Å². The minimum atomic E-state index is -3.84. The van der Waals surface area contributed by atoms with Crippen molar-refractivity contribution in [2.24, 2.45) is 11.8 Å². The molecule has 3 aliphatic rings. The maximum atomic E-state index is 13.3. The third kappa shape index (κ3) is 7.06. The monoisotopic (exact) mass is 551 g/mol. The van der Waals surface area contributed by atoms with Gasteiger partial charge in [0.15, 0.2) is 5.76 Å². The normalized spacial score (nSPS) is 23.4. The van der Waals surface area contributed by atoms with Gasteiger partial charge in [0.05, 0.1) is 25.2 Å². The van der Waals surface area contributed by atoms with E-state index < -0.39 is 16.3 Å². The summed E-state index contributed by atoms with van der Waals surface area (Å²) < 4.78 is 44.8. The highest BCUT2D eigenvalue weighted by molar-refractivity contribution is 7.89. The number of aliphatic hydroxyl groups excluding tert-OH is 1. The van der Waals surface area contributed by atoms with E-state index in [0.717, 1.165) is 25.9 Å². The molecule has 2 aliphatic heterocycles. The average Bonchev–Trinajstić information content (AvgIpc) is 3.48. The fourth-order valence-corrected chi connectivity index (χ4v) is 6.88. The predicted molar refractivity (Wildman–Crippen MR) is 142 cm³/mol. The van der Waals surface area contributed by atoms with Gasteiger partial charge in [-0.1, -0.05) is 12.8 Å². The number of aliphatic hydroxyl groups is 1. The molecule has 10 nitrogen and oxygen atoms in total. The summed E-state index contributed by atoms with van der Waals surface area (Å²) in [5.74, 6) is 1.50. The lowest BCUT2D eigenvalue weighted by atomic mass is 9.86. The molecular formula is C27H41N3O7S. The smallest absolute Gasteiger partial charge is 0.288 e. The van der Waals surface area contributed by atoms with Crippen LogP contribution in [0, 0.1) is 11.8 Å². The van der Waals surface area contributed by atoms with E-state index >= 15 is 0 Å². The van der Waals surface area contributed by atoms with E-state index in [1.165, 1.54) is 36.4 Å². The molecule has 1 saturated carbocycles. The summed E-state index contributed by atoms with van der Waals surface area (Å²) in [6, 6.07) is 6.14. The zero-order chi connectivity index (χ0) is 27.1. The van der Waals surface area contributed by atoms with Crippen LogP contribution in [0.5, 0.6) is 5.75 Å². The zero-order valence-corrected chi connectivity index (χ0v) is 23.3. The van der Waals surface area contributed by atoms with Crippen molar-refractivity contribution in [3.05, 3.63) is 36.1 Å². The second-order valence-electron chi connectivity index (χ2n) is 10.3. The number of methoxy groups -OCH3 is 1. The van der Waals surface area contributed by atoms with E-state index in [1.807, 2.05) is 18.0 Å². The molecule has 38 heavy (non-hydrogen) atoms. The van der Waals surface area contributed by atoms with Crippen LogP contribution in [0.15, 0.2) is 41.0 Å². The molecule has 2 heterocycles. The fraction of sp³-hybridized carbons (Fsp3) is 0.667. The largest absolute Gasteiger partial charge is 0.497 e. The van der Waals surface area contributed by atoms with Gasteiger partial charge in [0, 0.05) is 45.7 Å². The summed E-state index contributed by atoms with van der Waals surface area (Å²) >= 11 is 0. The summed E-state index contributed by atoms with van der Waals surface area (Å²) in [5.41, 5.74) is 0. The molecule has 0 spiro atoms. The van der Waals surface area contributed by atoms with Crippen molar-refractivity contribution in [3.8, 4) is 5.75 Å². The molecule has 1 saturated heterocycles. The van der Waals surface area contributed by atoms with Crippen molar-refractivity contribution in [2.75, 3.05) is 66.6 Å². The lowest BCUT2D eigenvalue weighted by Crippen LogP contribution is -2.48. The first kappa shape index (κ1) is 28.8. The maximum absolute atomic E-state index is 13.3. The van der Waals surface area contributed by atoms with Crippen LogP contribution in [0.25, 0.3) is 0 Å². The Morgan fingerprint density at radius 2 is 1.79 bits per heavy atom. The Labute approximate surface area is 226 Å². The van der Waals surface area contributed by atoms with E-state index in [-0.39, 0.29) is 43.0 Å². The zero-order valence-electron chi connectivity index (χ0n) is 22.5. The van der Waals surface area contributed by atoms with Gasteiger partial charge in [-0.15, -0.1) is 0 Å². The molecule has 0 unspecified atom stereocenters. The summed E-state index contributed by atoms with van der Waals surface area (Å²) in [4.78, 5) is 17.5. The highest BCUT2D eigenvalue weighted by atomic mass is 32.2. The molecule has 11 heteroatoms. The Hall–Kier alpha value is -2.18. The highest BCUT2D eigenvalue weighted by Crippen LogP contribution is 2.38. The number of nitrogens with zero attached hydrogens (tertiary/aromatic N) is 3. The Kier molecular flexibility index (Phi) is 10.1. The number of allylic oxidation sites excluding steroid dienone is 1. The molecule has 1 aromatic carbocycles. The van der Waals surface area contributed by atoms with Crippen LogP contribution in [0.1, 0.15) is 32.1 Å². The van der Waals surface area contributed by atoms with Crippen molar-refractivity contribution < 1.29 is 32.5 Å². The summed E-state index contributed by atoms with van der Waals surface area (Å²) in [6.45, 7) is 2.74. The van der Waals surface area contributed by atoms with Crippen molar-refractivity contribution in [1.82, 2.24) is 14.1 Å². The van der Waals surface area contributed by atoms with Crippen molar-refractivity contribution in [2.45, 2.75) is 43.3 Å². The van der Waals surface area contributed by atoms with E-state index in [1.54, 1.807) is 12.1 Å². The molecule has 0 aromatic heterocycles. The number of ether oxygens (including phenoxy) is 3. The molecule has 4 rings (SSSR count). The van der Waals surface area contributed by atoms with Crippen LogP contribution in [0.4, 0.5) is 0 Å². The Bertz CT molecular complexity index is 1050. The molecule has 1 aliphatic carbocycles. The number of hydrogen-bond acceptors (Lipinski definition) is 8. The first-order chi connectivity index (χ1) is 18.3. The highest BCUT2D eigenvalue weighted by Gasteiger charge is 2.35. The van der Waals surface area contributed by atoms with Gasteiger partial charge in [0.25, 0.3) is 5.91 Å². The lowest BCUT2D eigenvalue weighted by molar-refractivity contribution is -0.157. The Morgan fingerprint density at radius 1 is 1.11 bits per heavy atom. The summed E-state index contributed by atoms with van der Waals surface area (Å²) in [5, 5.41) is 9.52. The van der Waals surface area contributed by atoms with Gasteiger partial charge < -0.3 is 29.1 Å². The summed E-state index contributed by atoms with van der Waals surface area (Å²) in [6.07, 6.45) is 6.67. The van der Waals surface area contributed by atoms with Gasteiger partial charge >= 0.3 is 0 Å². The second kappa shape index (κ2) is 13.3. The molecule has 0 radical (unpaired) electrons. The Balaban J connectivity index is 1.40. The number of sulfonamides is 1. The minimum absolute atomic E-state index is 0.0499. The van der Waals surface area contributed by atoms with E-state index in [9.17, 15) is 18.3 Å². The van der Waals surface area contributed by atoms with Gasteiger partial charge in [-0.2, -0.15) is 4.31 Å². The van der Waals surface area contributed by atoms with E-state index in [0.29, 0.717) is 36.9 Å². The molecule has 1 N–H and O–H groups in total. The quantitative estimate of drug-likeness (QED) is 0.444. The van der Waals surface area contributed by atoms with Crippen LogP contribution >= 0.6 is 0 Å². The Morgan fingerprint density at radius 3 is 2.42 bits per heavy atom. The maximum Gasteiger partial charge on any atom is 0.288 e. The number of piperazine rings is 1. The molecule has 1 aromatic rings. The van der Waals surface area contributed by atoms with Crippen LogP contribution < -0.4 is 4.74 Å². The molecule has 2 atom stereocenters. The standard InChI is InChI=1S/C27H41N3O7S/c1-28-11-13-29(14-12-28)27(32)25-19-22(21-5-3-4-6-21)20-26(37-25)36-18-16-30(15-17-31)38(33,34)24-9-7-23(35-2)8-10-24/h7-10,19,21-22,26,31H,3-6,11-18,20H2,1-2H3/t22-,26+/m0/s1. The first-order valence-electron chi connectivity index (χ1n) is 13.5. The number of likely N-dealkylation sites (N-methyl/N-ethyl adjacent to an activating group) is 1. The van der Waals surface area contributed by atoms with Crippen LogP contribution in [-0.2, 0) is 24.3 Å². The van der Waals surface area contributed by atoms with Gasteiger partial charge in [-0.25, -0.2) is 8.42 Å².